The monoisotopic (exact) mass is 455 g/mol. The topological polar surface area (TPSA) is 30.5 Å². The third-order valence-corrected chi connectivity index (χ3v) is 5.53. The van der Waals surface area contributed by atoms with E-state index in [2.05, 4.69) is 5.32 Å². The first kappa shape index (κ1) is 20.9. The Balaban J connectivity index is 1.68. The van der Waals surface area contributed by atoms with E-state index in [1.165, 1.54) is 0 Å². The maximum absolute atomic E-state index is 6.19. The molecule has 0 heterocycles. The summed E-state index contributed by atoms with van der Waals surface area (Å²) in [6.07, 6.45) is 0. The number of halogens is 4. The number of anilines is 1. The van der Waals surface area contributed by atoms with Gasteiger partial charge in [-0.15, -0.1) is 0 Å². The molecule has 0 amide bonds. The van der Waals surface area contributed by atoms with Gasteiger partial charge in [0.05, 0.1) is 17.2 Å². The van der Waals surface area contributed by atoms with Crippen molar-refractivity contribution >= 4 is 52.1 Å². The Morgan fingerprint density at radius 3 is 2.21 bits per heavy atom. The molecule has 0 unspecified atom stereocenters. The van der Waals surface area contributed by atoms with Crippen molar-refractivity contribution in [2.75, 3.05) is 12.4 Å². The van der Waals surface area contributed by atoms with Crippen molar-refractivity contribution < 1.29 is 9.47 Å². The fourth-order valence-electron chi connectivity index (χ4n) is 2.57. The van der Waals surface area contributed by atoms with Crippen LogP contribution in [0.4, 0.5) is 5.69 Å². The highest BCUT2D eigenvalue weighted by Gasteiger charge is 2.10. The molecule has 0 radical (unpaired) electrons. The fraction of sp³-hybridized carbons (Fsp3) is 0.143. The second-order valence-electron chi connectivity index (χ2n) is 5.96. The summed E-state index contributed by atoms with van der Waals surface area (Å²) in [4.78, 5) is 0. The predicted octanol–water partition coefficient (Wildman–Crippen LogP) is 7.50. The molecule has 0 aromatic heterocycles. The first-order valence-corrected chi connectivity index (χ1v) is 9.90. The van der Waals surface area contributed by atoms with E-state index in [1.54, 1.807) is 37.4 Å². The summed E-state index contributed by atoms with van der Waals surface area (Å²) in [6, 6.07) is 16.5. The number of hydrogen-bond donors (Lipinski definition) is 1. The van der Waals surface area contributed by atoms with E-state index >= 15 is 0 Å². The molecule has 0 aliphatic heterocycles. The van der Waals surface area contributed by atoms with Gasteiger partial charge in [0.2, 0.25) is 0 Å². The molecule has 0 saturated heterocycles. The molecule has 3 rings (SSSR count). The average molecular weight is 457 g/mol. The van der Waals surface area contributed by atoms with Gasteiger partial charge < -0.3 is 14.8 Å². The van der Waals surface area contributed by atoms with Crippen LogP contribution in [0.3, 0.4) is 0 Å². The van der Waals surface area contributed by atoms with E-state index in [0.29, 0.717) is 38.1 Å². The van der Waals surface area contributed by atoms with Gasteiger partial charge in [-0.25, -0.2) is 0 Å². The molecule has 0 spiro atoms. The van der Waals surface area contributed by atoms with Crippen molar-refractivity contribution in [3.63, 3.8) is 0 Å². The molecule has 3 aromatic rings. The minimum atomic E-state index is 0.246. The van der Waals surface area contributed by atoms with E-state index in [1.807, 2.05) is 24.3 Å². The molecule has 0 bridgehead atoms. The van der Waals surface area contributed by atoms with Crippen molar-refractivity contribution in [3.05, 3.63) is 85.8 Å². The van der Waals surface area contributed by atoms with Crippen LogP contribution in [0.2, 0.25) is 20.1 Å². The largest absolute Gasteiger partial charge is 0.493 e. The average Bonchev–Trinajstić information content (AvgIpc) is 2.69. The third-order valence-electron chi connectivity index (χ3n) is 4.08. The maximum atomic E-state index is 6.19. The lowest BCUT2D eigenvalue weighted by molar-refractivity contribution is 0.284. The Kier molecular flexibility index (Phi) is 7.19. The van der Waals surface area contributed by atoms with Crippen LogP contribution in [0.1, 0.15) is 11.1 Å². The van der Waals surface area contributed by atoms with E-state index < -0.39 is 0 Å². The highest BCUT2D eigenvalue weighted by Crippen LogP contribution is 2.32. The van der Waals surface area contributed by atoms with Gasteiger partial charge >= 0.3 is 0 Å². The zero-order valence-corrected chi connectivity index (χ0v) is 18.0. The van der Waals surface area contributed by atoms with Gasteiger partial charge in [-0.3, -0.25) is 0 Å². The number of nitrogens with one attached hydrogen (secondary N) is 1. The summed E-state index contributed by atoms with van der Waals surface area (Å²) in [5.41, 5.74) is 2.63. The van der Waals surface area contributed by atoms with Crippen LogP contribution < -0.4 is 14.8 Å². The number of benzene rings is 3. The molecular weight excluding hydrogens is 440 g/mol. The molecule has 1 N–H and O–H groups in total. The van der Waals surface area contributed by atoms with Gasteiger partial charge in [0.15, 0.2) is 11.5 Å². The van der Waals surface area contributed by atoms with Gasteiger partial charge in [-0.1, -0.05) is 58.5 Å². The molecule has 0 atom stereocenters. The summed E-state index contributed by atoms with van der Waals surface area (Å²) in [6.45, 7) is 0.834. The molecule has 0 fully saturated rings. The van der Waals surface area contributed by atoms with Crippen molar-refractivity contribution in [2.45, 2.75) is 13.2 Å². The van der Waals surface area contributed by atoms with Crippen LogP contribution in [0.25, 0.3) is 0 Å². The summed E-state index contributed by atoms with van der Waals surface area (Å²) in [5.74, 6) is 1.23. The number of rotatable bonds is 7. The lowest BCUT2D eigenvalue weighted by Crippen LogP contribution is -2.02. The lowest BCUT2D eigenvalue weighted by atomic mass is 10.2. The zero-order chi connectivity index (χ0) is 20.1. The van der Waals surface area contributed by atoms with Crippen LogP contribution in [0, 0.1) is 0 Å². The van der Waals surface area contributed by atoms with Crippen LogP contribution in [0.15, 0.2) is 54.6 Å². The van der Waals surface area contributed by atoms with Gasteiger partial charge in [-0.05, 0) is 48.0 Å². The van der Waals surface area contributed by atoms with Gasteiger partial charge in [0.1, 0.15) is 6.61 Å². The van der Waals surface area contributed by atoms with Crippen molar-refractivity contribution in [1.29, 1.82) is 0 Å². The highest BCUT2D eigenvalue weighted by molar-refractivity contribution is 6.42. The number of hydrogen-bond acceptors (Lipinski definition) is 3. The van der Waals surface area contributed by atoms with E-state index in [4.69, 9.17) is 55.9 Å². The fourth-order valence-corrected chi connectivity index (χ4v) is 3.38. The molecule has 3 aromatic carbocycles. The Bertz CT molecular complexity index is 958. The second kappa shape index (κ2) is 9.62. The van der Waals surface area contributed by atoms with Crippen LogP contribution in [0.5, 0.6) is 11.5 Å². The predicted molar refractivity (Wildman–Crippen MR) is 118 cm³/mol. The Hall–Kier alpha value is -1.78. The molecule has 0 aliphatic carbocycles. The first-order chi connectivity index (χ1) is 13.5. The standard InChI is InChI=1S/C21H17Cl4NO2/c1-27-21-9-13(11-26-14-6-7-18(24)19(25)10-14)5-8-20(21)28-12-15-16(22)3-2-4-17(15)23/h2-10,26H,11-12H2,1H3. The Morgan fingerprint density at radius 2 is 1.54 bits per heavy atom. The molecular formula is C21H17Cl4NO2. The van der Waals surface area contributed by atoms with Gasteiger partial charge in [0, 0.05) is 27.8 Å². The SMILES string of the molecule is COc1cc(CNc2ccc(Cl)c(Cl)c2)ccc1OCc1c(Cl)cccc1Cl. The van der Waals surface area contributed by atoms with Crippen LogP contribution >= 0.6 is 46.4 Å². The van der Waals surface area contributed by atoms with Crippen LogP contribution in [-0.2, 0) is 13.2 Å². The third kappa shape index (κ3) is 5.18. The summed E-state index contributed by atoms with van der Waals surface area (Å²) in [7, 11) is 1.60. The Morgan fingerprint density at radius 1 is 0.786 bits per heavy atom. The van der Waals surface area contributed by atoms with E-state index in [-0.39, 0.29) is 6.61 Å². The minimum Gasteiger partial charge on any atom is -0.493 e. The lowest BCUT2D eigenvalue weighted by Gasteiger charge is -2.14. The molecule has 28 heavy (non-hydrogen) atoms. The van der Waals surface area contributed by atoms with Gasteiger partial charge in [-0.2, -0.15) is 0 Å². The minimum absolute atomic E-state index is 0.246. The van der Waals surface area contributed by atoms with Crippen LogP contribution in [-0.4, -0.2) is 7.11 Å². The normalized spacial score (nSPS) is 10.6. The van der Waals surface area contributed by atoms with Crippen molar-refractivity contribution in [2.24, 2.45) is 0 Å². The van der Waals surface area contributed by atoms with Gasteiger partial charge in [0.25, 0.3) is 0 Å². The quantitative estimate of drug-likeness (QED) is 0.399. The molecule has 0 aliphatic rings. The summed E-state index contributed by atoms with van der Waals surface area (Å²) >= 11 is 24.4. The molecule has 7 heteroatoms. The zero-order valence-electron chi connectivity index (χ0n) is 14.9. The van der Waals surface area contributed by atoms with E-state index in [0.717, 1.165) is 16.8 Å². The van der Waals surface area contributed by atoms with Crippen molar-refractivity contribution in [1.82, 2.24) is 0 Å². The maximum Gasteiger partial charge on any atom is 0.161 e. The smallest absolute Gasteiger partial charge is 0.161 e. The summed E-state index contributed by atoms with van der Waals surface area (Å²) in [5, 5.41) is 5.45. The molecule has 146 valence electrons. The summed E-state index contributed by atoms with van der Waals surface area (Å²) < 4.78 is 11.3. The van der Waals surface area contributed by atoms with Crippen molar-refractivity contribution in [3.8, 4) is 11.5 Å². The number of methoxy groups -OCH3 is 1. The highest BCUT2D eigenvalue weighted by atomic mass is 35.5. The van der Waals surface area contributed by atoms with E-state index in [9.17, 15) is 0 Å². The Labute approximate surface area is 184 Å². The molecule has 0 saturated carbocycles. The first-order valence-electron chi connectivity index (χ1n) is 8.39. The second-order valence-corrected chi connectivity index (χ2v) is 7.59. The number of ether oxygens (including phenoxy) is 2. The molecule has 3 nitrogen and oxygen atoms in total.